The molecule has 0 amide bonds. The van der Waals surface area contributed by atoms with Crippen molar-refractivity contribution in [2.45, 2.75) is 0 Å². The van der Waals surface area contributed by atoms with Gasteiger partial charge in [-0.3, -0.25) is 5.10 Å². The third-order valence-corrected chi connectivity index (χ3v) is 4.50. The maximum Gasteiger partial charge on any atom is 0.153 e. The normalized spacial score (nSPS) is 11.0. The lowest BCUT2D eigenvalue weighted by molar-refractivity contribution is 1.10. The summed E-state index contributed by atoms with van der Waals surface area (Å²) in [6, 6.07) is 15.7. The fourth-order valence-corrected chi connectivity index (χ4v) is 3.17. The van der Waals surface area contributed by atoms with Crippen molar-refractivity contribution >= 4 is 45.5 Å². The summed E-state index contributed by atoms with van der Waals surface area (Å²) in [7, 11) is 0. The first-order chi connectivity index (χ1) is 10.8. The minimum Gasteiger partial charge on any atom is -0.323 e. The number of hydrogen-bond acceptors (Lipinski definition) is 4. The zero-order valence-electron chi connectivity index (χ0n) is 11.4. The first-order valence-electron chi connectivity index (χ1n) is 6.71. The zero-order chi connectivity index (χ0) is 14.9. The molecule has 0 radical (unpaired) electrons. The molecule has 4 nitrogen and oxygen atoms in total. The van der Waals surface area contributed by atoms with E-state index >= 15 is 0 Å². The summed E-state index contributed by atoms with van der Waals surface area (Å²) in [5, 5.41) is 14.2. The Morgan fingerprint density at radius 3 is 2.86 bits per heavy atom. The van der Waals surface area contributed by atoms with Gasteiger partial charge in [0.15, 0.2) is 5.82 Å². The van der Waals surface area contributed by atoms with Gasteiger partial charge in [0.25, 0.3) is 0 Å². The van der Waals surface area contributed by atoms with E-state index in [1.807, 2.05) is 47.8 Å². The van der Waals surface area contributed by atoms with Crippen LogP contribution < -0.4 is 5.32 Å². The first kappa shape index (κ1) is 13.3. The molecular formula is C16H11ClN4S. The average molecular weight is 327 g/mol. The number of H-pyrrole nitrogens is 1. The van der Waals surface area contributed by atoms with Crippen LogP contribution in [0.4, 0.5) is 11.6 Å². The second-order valence-electron chi connectivity index (χ2n) is 4.78. The van der Waals surface area contributed by atoms with Crippen molar-refractivity contribution in [3.05, 3.63) is 58.9 Å². The molecule has 0 fully saturated rings. The minimum atomic E-state index is 0.641. The Kier molecular flexibility index (Phi) is 3.29. The maximum absolute atomic E-state index is 6.19. The van der Waals surface area contributed by atoms with Crippen LogP contribution in [0.15, 0.2) is 53.9 Å². The Bertz CT molecular complexity index is 930. The second kappa shape index (κ2) is 5.44. The third-order valence-electron chi connectivity index (χ3n) is 3.29. The Labute approximate surface area is 135 Å². The lowest BCUT2D eigenvalue weighted by Gasteiger charge is -2.04. The molecule has 0 aliphatic heterocycles. The predicted octanol–water partition coefficient (Wildman–Crippen LogP) is 5.08. The predicted molar refractivity (Wildman–Crippen MR) is 91.9 cm³/mol. The topological polar surface area (TPSA) is 53.6 Å². The van der Waals surface area contributed by atoms with Crippen LogP contribution in [0.5, 0.6) is 0 Å². The molecule has 2 N–H and O–H groups in total. The molecule has 4 aromatic rings. The molecular weight excluding hydrogens is 316 g/mol. The van der Waals surface area contributed by atoms with Crippen LogP contribution in [0.1, 0.15) is 0 Å². The Morgan fingerprint density at radius 1 is 1.05 bits per heavy atom. The number of fused-ring (bicyclic) bond motifs is 1. The van der Waals surface area contributed by atoms with Crippen LogP contribution in [0.3, 0.4) is 0 Å². The van der Waals surface area contributed by atoms with Gasteiger partial charge in [-0.05, 0) is 29.6 Å². The van der Waals surface area contributed by atoms with Crippen molar-refractivity contribution in [2.24, 2.45) is 0 Å². The number of pyridine rings is 1. The van der Waals surface area contributed by atoms with Crippen LogP contribution in [0, 0.1) is 0 Å². The number of benzene rings is 1. The van der Waals surface area contributed by atoms with Crippen molar-refractivity contribution in [3.8, 4) is 10.6 Å². The van der Waals surface area contributed by atoms with E-state index in [1.54, 1.807) is 11.3 Å². The van der Waals surface area contributed by atoms with Gasteiger partial charge in [-0.15, -0.1) is 11.3 Å². The molecule has 6 heteroatoms. The molecule has 0 aliphatic rings. The molecule has 3 heterocycles. The van der Waals surface area contributed by atoms with E-state index < -0.39 is 0 Å². The molecule has 22 heavy (non-hydrogen) atoms. The summed E-state index contributed by atoms with van der Waals surface area (Å²) in [4.78, 5) is 5.70. The van der Waals surface area contributed by atoms with Gasteiger partial charge < -0.3 is 5.32 Å². The Balaban J connectivity index is 1.65. The van der Waals surface area contributed by atoms with E-state index in [0.29, 0.717) is 10.8 Å². The van der Waals surface area contributed by atoms with Crippen LogP contribution in [-0.4, -0.2) is 15.2 Å². The van der Waals surface area contributed by atoms with Crippen LogP contribution in [0.25, 0.3) is 21.5 Å². The molecule has 0 bridgehead atoms. The summed E-state index contributed by atoms with van der Waals surface area (Å²) in [5.74, 6) is 1.44. The van der Waals surface area contributed by atoms with Gasteiger partial charge in [0.1, 0.15) is 5.82 Å². The number of aromatic nitrogens is 3. The van der Waals surface area contributed by atoms with Gasteiger partial charge in [0.2, 0.25) is 0 Å². The number of aromatic amines is 1. The molecule has 0 saturated carbocycles. The van der Waals surface area contributed by atoms with Crippen molar-refractivity contribution in [3.63, 3.8) is 0 Å². The third kappa shape index (κ3) is 2.45. The highest BCUT2D eigenvalue weighted by molar-refractivity contribution is 7.13. The van der Waals surface area contributed by atoms with E-state index in [-0.39, 0.29) is 0 Å². The number of anilines is 2. The quantitative estimate of drug-likeness (QED) is 0.551. The molecule has 4 rings (SSSR count). The fourth-order valence-electron chi connectivity index (χ4n) is 2.26. The highest BCUT2D eigenvalue weighted by Crippen LogP contribution is 2.27. The Hall–Kier alpha value is -2.37. The Morgan fingerprint density at radius 2 is 2.00 bits per heavy atom. The monoisotopic (exact) mass is 326 g/mol. The number of rotatable bonds is 3. The van der Waals surface area contributed by atoms with Crippen LogP contribution >= 0.6 is 22.9 Å². The fraction of sp³-hybridized carbons (Fsp3) is 0. The second-order valence-corrected chi connectivity index (χ2v) is 6.13. The van der Waals surface area contributed by atoms with E-state index in [1.165, 1.54) is 0 Å². The molecule has 0 atom stereocenters. The van der Waals surface area contributed by atoms with E-state index in [2.05, 4.69) is 26.6 Å². The first-order valence-corrected chi connectivity index (χ1v) is 7.97. The van der Waals surface area contributed by atoms with Gasteiger partial charge in [-0.25, -0.2) is 4.98 Å². The summed E-state index contributed by atoms with van der Waals surface area (Å²) < 4.78 is 0. The number of para-hydroxylation sites is 1. The highest BCUT2D eigenvalue weighted by atomic mass is 35.5. The highest BCUT2D eigenvalue weighted by Gasteiger charge is 2.06. The minimum absolute atomic E-state index is 0.641. The molecule has 3 aromatic heterocycles. The molecule has 0 aliphatic carbocycles. The van der Waals surface area contributed by atoms with Gasteiger partial charge in [0, 0.05) is 11.5 Å². The zero-order valence-corrected chi connectivity index (χ0v) is 12.9. The van der Waals surface area contributed by atoms with Crippen LogP contribution in [0.2, 0.25) is 5.02 Å². The lowest BCUT2D eigenvalue weighted by atomic mass is 10.2. The maximum atomic E-state index is 6.19. The van der Waals surface area contributed by atoms with Gasteiger partial charge >= 0.3 is 0 Å². The number of thiophene rings is 1. The molecule has 0 spiro atoms. The summed E-state index contributed by atoms with van der Waals surface area (Å²) in [6.45, 7) is 0. The number of nitrogens with one attached hydrogen (secondary N) is 2. The molecule has 1 aromatic carbocycles. The smallest absolute Gasteiger partial charge is 0.153 e. The summed E-state index contributed by atoms with van der Waals surface area (Å²) >= 11 is 7.86. The lowest BCUT2D eigenvalue weighted by Crippen LogP contribution is -1.94. The number of nitrogens with zero attached hydrogens (tertiary/aromatic N) is 2. The molecule has 108 valence electrons. The van der Waals surface area contributed by atoms with Crippen molar-refractivity contribution in [1.29, 1.82) is 0 Å². The van der Waals surface area contributed by atoms with Crippen molar-refractivity contribution < 1.29 is 0 Å². The summed E-state index contributed by atoms with van der Waals surface area (Å²) in [5.41, 5.74) is 1.76. The van der Waals surface area contributed by atoms with E-state index in [4.69, 9.17) is 11.6 Å². The molecule has 0 saturated heterocycles. The van der Waals surface area contributed by atoms with E-state index in [9.17, 15) is 0 Å². The van der Waals surface area contributed by atoms with Crippen molar-refractivity contribution in [2.75, 3.05) is 5.32 Å². The van der Waals surface area contributed by atoms with Crippen molar-refractivity contribution in [1.82, 2.24) is 15.2 Å². The average Bonchev–Trinajstić information content (AvgIpc) is 3.19. The number of hydrogen-bond donors (Lipinski definition) is 2. The summed E-state index contributed by atoms with van der Waals surface area (Å²) in [6.07, 6.45) is 0. The van der Waals surface area contributed by atoms with Gasteiger partial charge in [-0.1, -0.05) is 29.8 Å². The van der Waals surface area contributed by atoms with Crippen LogP contribution in [-0.2, 0) is 0 Å². The largest absolute Gasteiger partial charge is 0.323 e. The van der Waals surface area contributed by atoms with Gasteiger partial charge in [-0.2, -0.15) is 5.10 Å². The SMILES string of the molecule is Clc1cccc2ccc(Nc3cc(-c4cccs4)[nH]n3)nc12. The standard InChI is InChI=1S/C16H11ClN4S/c17-11-4-1-3-10-6-7-14(19-16(10)11)18-15-9-12(20-21-15)13-5-2-8-22-13/h1-9H,(H2,18,19,20,21). The van der Waals surface area contributed by atoms with Gasteiger partial charge in [0.05, 0.1) is 21.1 Å². The van der Waals surface area contributed by atoms with E-state index in [0.717, 1.165) is 27.3 Å². The number of halogens is 1. The molecule has 0 unspecified atom stereocenters.